The molecule has 0 atom stereocenters. The zero-order valence-corrected chi connectivity index (χ0v) is 9.48. The summed E-state index contributed by atoms with van der Waals surface area (Å²) in [4.78, 5) is 15.0. The third kappa shape index (κ3) is 2.54. The van der Waals surface area contributed by atoms with Gasteiger partial charge in [0.1, 0.15) is 11.4 Å². The molecule has 1 aromatic carbocycles. The molecule has 2 N–H and O–H groups in total. The van der Waals surface area contributed by atoms with Crippen molar-refractivity contribution in [2.24, 2.45) is 0 Å². The van der Waals surface area contributed by atoms with Crippen molar-refractivity contribution in [3.63, 3.8) is 0 Å². The largest absolute Gasteiger partial charge is 0.478 e. The van der Waals surface area contributed by atoms with E-state index in [0.29, 0.717) is 10.7 Å². The summed E-state index contributed by atoms with van der Waals surface area (Å²) in [5.74, 6) is -0.763. The minimum Gasteiger partial charge on any atom is -0.478 e. The predicted octanol–water partition coefficient (Wildman–Crippen LogP) is 3.18. The number of carboxylic acid groups (broad SMARTS) is 1. The number of hydrogen-bond donors (Lipinski definition) is 2. The third-order valence-electron chi connectivity index (χ3n) is 2.17. The maximum absolute atomic E-state index is 11.0. The maximum Gasteiger partial charge on any atom is 0.339 e. The highest BCUT2D eigenvalue weighted by Crippen LogP contribution is 2.25. The van der Waals surface area contributed by atoms with Gasteiger partial charge in [0.05, 0.1) is 10.7 Å². The lowest BCUT2D eigenvalue weighted by Gasteiger charge is -2.09. The van der Waals surface area contributed by atoms with Crippen molar-refractivity contribution in [2.45, 2.75) is 0 Å². The normalized spacial score (nSPS) is 9.94. The average Bonchev–Trinajstić information content (AvgIpc) is 2.32. The molecule has 0 aliphatic rings. The van der Waals surface area contributed by atoms with Crippen molar-refractivity contribution in [1.82, 2.24) is 4.98 Å². The first-order valence-electron chi connectivity index (χ1n) is 4.88. The van der Waals surface area contributed by atoms with E-state index in [1.807, 2.05) is 0 Å². The average molecular weight is 249 g/mol. The lowest BCUT2D eigenvalue weighted by atomic mass is 10.2. The second-order valence-corrected chi connectivity index (χ2v) is 3.72. The van der Waals surface area contributed by atoms with Crippen molar-refractivity contribution in [2.75, 3.05) is 5.32 Å². The Hall–Kier alpha value is -2.07. The molecule has 0 bridgehead atoms. The molecule has 0 radical (unpaired) electrons. The van der Waals surface area contributed by atoms with Crippen LogP contribution in [0.3, 0.4) is 0 Å². The lowest BCUT2D eigenvalue weighted by molar-refractivity contribution is 0.0697. The van der Waals surface area contributed by atoms with Crippen molar-refractivity contribution < 1.29 is 9.90 Å². The number of para-hydroxylation sites is 1. The molecule has 0 saturated carbocycles. The molecule has 86 valence electrons. The number of halogens is 1. The minimum atomic E-state index is -1.03. The number of carbonyl (C=O) groups is 1. The summed E-state index contributed by atoms with van der Waals surface area (Å²) in [5.41, 5.74) is 0.725. The van der Waals surface area contributed by atoms with E-state index in [9.17, 15) is 4.79 Å². The standard InChI is InChI=1S/C12H9ClN2O2/c13-9-5-1-2-6-10(9)15-11-8(12(16)17)4-3-7-14-11/h1-7H,(H,14,15)(H,16,17). The molecule has 0 saturated heterocycles. The van der Waals surface area contributed by atoms with Crippen molar-refractivity contribution >= 4 is 29.1 Å². The van der Waals surface area contributed by atoms with Crippen LogP contribution in [0.25, 0.3) is 0 Å². The number of carboxylic acids is 1. The smallest absolute Gasteiger partial charge is 0.339 e. The van der Waals surface area contributed by atoms with E-state index in [-0.39, 0.29) is 11.4 Å². The van der Waals surface area contributed by atoms with Crippen LogP contribution in [-0.2, 0) is 0 Å². The number of hydrogen-bond acceptors (Lipinski definition) is 3. The van der Waals surface area contributed by atoms with Crippen LogP contribution in [0.1, 0.15) is 10.4 Å². The summed E-state index contributed by atoms with van der Waals surface area (Å²) >= 11 is 5.97. The van der Waals surface area contributed by atoms with E-state index in [4.69, 9.17) is 16.7 Å². The Labute approximate surface area is 103 Å². The number of benzene rings is 1. The molecule has 0 aliphatic heterocycles. The second kappa shape index (κ2) is 4.84. The van der Waals surface area contributed by atoms with Crippen LogP contribution in [0.2, 0.25) is 5.02 Å². The van der Waals surface area contributed by atoms with Gasteiger partial charge in [0, 0.05) is 6.20 Å². The highest BCUT2D eigenvalue weighted by Gasteiger charge is 2.11. The first-order valence-corrected chi connectivity index (χ1v) is 5.26. The first kappa shape index (κ1) is 11.4. The topological polar surface area (TPSA) is 62.2 Å². The molecule has 2 rings (SSSR count). The van der Waals surface area contributed by atoms with E-state index in [2.05, 4.69) is 10.3 Å². The highest BCUT2D eigenvalue weighted by molar-refractivity contribution is 6.33. The van der Waals surface area contributed by atoms with Crippen molar-refractivity contribution in [3.8, 4) is 0 Å². The minimum absolute atomic E-state index is 0.104. The number of anilines is 2. The summed E-state index contributed by atoms with van der Waals surface area (Å²) in [6, 6.07) is 10.1. The Morgan fingerprint density at radius 1 is 1.24 bits per heavy atom. The van der Waals surface area contributed by atoms with Gasteiger partial charge in [-0.3, -0.25) is 0 Å². The summed E-state index contributed by atoms with van der Waals surface area (Å²) in [5, 5.41) is 12.4. The molecular weight excluding hydrogens is 240 g/mol. The van der Waals surface area contributed by atoms with Crippen LogP contribution >= 0.6 is 11.6 Å². The monoisotopic (exact) mass is 248 g/mol. The molecule has 1 heterocycles. The molecule has 0 spiro atoms. The molecule has 0 fully saturated rings. The molecule has 0 amide bonds. The summed E-state index contributed by atoms with van der Waals surface area (Å²) in [7, 11) is 0. The number of nitrogens with zero attached hydrogens (tertiary/aromatic N) is 1. The molecule has 2 aromatic rings. The number of aromatic carboxylic acids is 1. The Morgan fingerprint density at radius 2 is 2.00 bits per heavy atom. The number of aromatic nitrogens is 1. The number of pyridine rings is 1. The van der Waals surface area contributed by atoms with Gasteiger partial charge in [-0.05, 0) is 24.3 Å². The van der Waals surface area contributed by atoms with E-state index in [1.165, 1.54) is 12.3 Å². The fraction of sp³-hybridized carbons (Fsp3) is 0. The molecule has 0 aliphatic carbocycles. The van der Waals surface area contributed by atoms with E-state index >= 15 is 0 Å². The number of rotatable bonds is 3. The van der Waals surface area contributed by atoms with Crippen LogP contribution in [0.5, 0.6) is 0 Å². The Bertz CT molecular complexity index is 558. The van der Waals surface area contributed by atoms with Gasteiger partial charge >= 0.3 is 5.97 Å². The molecule has 4 nitrogen and oxygen atoms in total. The van der Waals surface area contributed by atoms with Gasteiger partial charge in [-0.15, -0.1) is 0 Å². The van der Waals surface area contributed by atoms with Crippen molar-refractivity contribution in [3.05, 3.63) is 53.2 Å². The Balaban J connectivity index is 2.37. The van der Waals surface area contributed by atoms with E-state index < -0.39 is 5.97 Å². The number of nitrogens with one attached hydrogen (secondary N) is 1. The van der Waals surface area contributed by atoms with Gasteiger partial charge in [0.25, 0.3) is 0 Å². The summed E-state index contributed by atoms with van der Waals surface area (Å²) in [6.07, 6.45) is 1.52. The van der Waals surface area contributed by atoms with E-state index in [0.717, 1.165) is 0 Å². The highest BCUT2D eigenvalue weighted by atomic mass is 35.5. The van der Waals surface area contributed by atoms with Crippen LogP contribution in [0.4, 0.5) is 11.5 Å². The molecular formula is C12H9ClN2O2. The summed E-state index contributed by atoms with van der Waals surface area (Å²) < 4.78 is 0. The van der Waals surface area contributed by atoms with Gasteiger partial charge in [0.15, 0.2) is 0 Å². The van der Waals surface area contributed by atoms with Gasteiger partial charge in [-0.2, -0.15) is 0 Å². The second-order valence-electron chi connectivity index (χ2n) is 3.31. The zero-order chi connectivity index (χ0) is 12.3. The maximum atomic E-state index is 11.0. The lowest BCUT2D eigenvalue weighted by Crippen LogP contribution is -2.04. The van der Waals surface area contributed by atoms with Gasteiger partial charge in [0.2, 0.25) is 0 Å². The quantitative estimate of drug-likeness (QED) is 0.876. The SMILES string of the molecule is O=C(O)c1cccnc1Nc1ccccc1Cl. The van der Waals surface area contributed by atoms with Crippen LogP contribution in [0, 0.1) is 0 Å². The van der Waals surface area contributed by atoms with Crippen LogP contribution < -0.4 is 5.32 Å². The Kier molecular flexibility index (Phi) is 3.25. The predicted molar refractivity (Wildman–Crippen MR) is 65.9 cm³/mol. The summed E-state index contributed by atoms with van der Waals surface area (Å²) in [6.45, 7) is 0. The molecule has 5 heteroatoms. The zero-order valence-electron chi connectivity index (χ0n) is 8.72. The van der Waals surface area contributed by atoms with Gasteiger partial charge in [-0.25, -0.2) is 9.78 Å². The van der Waals surface area contributed by atoms with Gasteiger partial charge in [-0.1, -0.05) is 23.7 Å². The van der Waals surface area contributed by atoms with E-state index in [1.54, 1.807) is 30.3 Å². The third-order valence-corrected chi connectivity index (χ3v) is 2.49. The fourth-order valence-electron chi connectivity index (χ4n) is 1.37. The van der Waals surface area contributed by atoms with Crippen LogP contribution in [0.15, 0.2) is 42.6 Å². The van der Waals surface area contributed by atoms with Crippen LogP contribution in [-0.4, -0.2) is 16.1 Å². The molecule has 0 unspecified atom stereocenters. The fourth-order valence-corrected chi connectivity index (χ4v) is 1.55. The van der Waals surface area contributed by atoms with Crippen molar-refractivity contribution in [1.29, 1.82) is 0 Å². The molecule has 17 heavy (non-hydrogen) atoms. The van der Waals surface area contributed by atoms with Gasteiger partial charge < -0.3 is 10.4 Å². The molecule has 1 aromatic heterocycles. The Morgan fingerprint density at radius 3 is 2.71 bits per heavy atom. The first-order chi connectivity index (χ1) is 8.18.